The van der Waals surface area contributed by atoms with E-state index in [4.69, 9.17) is 4.42 Å². The van der Waals surface area contributed by atoms with Gasteiger partial charge in [0.2, 0.25) is 0 Å². The first kappa shape index (κ1) is 14.1. The van der Waals surface area contributed by atoms with Crippen molar-refractivity contribution in [3.63, 3.8) is 0 Å². The van der Waals surface area contributed by atoms with Crippen LogP contribution < -0.4 is 0 Å². The van der Waals surface area contributed by atoms with Crippen LogP contribution in [0.2, 0.25) is 0 Å². The molecule has 1 aliphatic rings. The molecule has 0 radical (unpaired) electrons. The van der Waals surface area contributed by atoms with Gasteiger partial charge in [-0.05, 0) is 65.8 Å². The Kier molecular flexibility index (Phi) is 3.23. The fourth-order valence-corrected chi connectivity index (χ4v) is 3.42. The van der Waals surface area contributed by atoms with Crippen molar-refractivity contribution in [2.24, 2.45) is 0 Å². The van der Waals surface area contributed by atoms with Crippen LogP contribution in [0.1, 0.15) is 33.6 Å². The Morgan fingerprint density at radius 1 is 0.870 bits per heavy atom. The number of allylic oxidation sites excluding steroid dienone is 1. The molecule has 0 aliphatic heterocycles. The van der Waals surface area contributed by atoms with Crippen molar-refractivity contribution in [2.45, 2.75) is 27.2 Å². The maximum atomic E-state index is 5.83. The number of hydrogen-bond donors (Lipinski definition) is 0. The average Bonchev–Trinajstić information content (AvgIpc) is 3.14. The van der Waals surface area contributed by atoms with Crippen LogP contribution in [-0.4, -0.2) is 0 Å². The van der Waals surface area contributed by atoms with E-state index in [0.29, 0.717) is 0 Å². The van der Waals surface area contributed by atoms with Crippen LogP contribution in [0, 0.1) is 20.8 Å². The van der Waals surface area contributed by atoms with Crippen LogP contribution in [-0.2, 0) is 6.42 Å². The third-order valence-corrected chi connectivity index (χ3v) is 4.94. The molecule has 0 amide bonds. The molecule has 1 aromatic heterocycles. The largest absolute Gasteiger partial charge is 0.464 e. The first-order valence-electron chi connectivity index (χ1n) is 8.08. The molecule has 0 bridgehead atoms. The summed E-state index contributed by atoms with van der Waals surface area (Å²) in [5, 5.41) is 0. The molecular weight excluding hydrogens is 280 g/mol. The fourth-order valence-electron chi connectivity index (χ4n) is 3.42. The molecule has 0 saturated heterocycles. The molecule has 0 atom stereocenters. The van der Waals surface area contributed by atoms with Gasteiger partial charge < -0.3 is 4.42 Å². The van der Waals surface area contributed by atoms with Gasteiger partial charge in [0.15, 0.2) is 0 Å². The molecule has 3 aromatic rings. The van der Waals surface area contributed by atoms with E-state index in [2.05, 4.69) is 69.3 Å². The molecular formula is C22H20O. The molecule has 0 fully saturated rings. The number of furan rings is 1. The van der Waals surface area contributed by atoms with Gasteiger partial charge in [0.25, 0.3) is 0 Å². The Labute approximate surface area is 137 Å². The van der Waals surface area contributed by atoms with E-state index in [1.165, 1.54) is 44.5 Å². The number of rotatable bonds is 2. The summed E-state index contributed by atoms with van der Waals surface area (Å²) in [7, 11) is 0. The third-order valence-electron chi connectivity index (χ3n) is 4.94. The molecule has 4 rings (SSSR count). The summed E-state index contributed by atoms with van der Waals surface area (Å²) >= 11 is 0. The van der Waals surface area contributed by atoms with Crippen LogP contribution in [0.4, 0.5) is 0 Å². The molecule has 23 heavy (non-hydrogen) atoms. The minimum Gasteiger partial charge on any atom is -0.464 e. The summed E-state index contributed by atoms with van der Waals surface area (Å²) in [5.74, 6) is 1.04. The normalized spacial score (nSPS) is 13.1. The van der Waals surface area contributed by atoms with Gasteiger partial charge in [0.05, 0.1) is 6.26 Å². The minimum atomic E-state index is 0.954. The van der Waals surface area contributed by atoms with Crippen LogP contribution >= 0.6 is 0 Å². The van der Waals surface area contributed by atoms with Gasteiger partial charge in [-0.2, -0.15) is 0 Å². The smallest absolute Gasteiger partial charge is 0.133 e. The highest BCUT2D eigenvalue weighted by Crippen LogP contribution is 2.40. The zero-order valence-electron chi connectivity index (χ0n) is 13.8. The summed E-state index contributed by atoms with van der Waals surface area (Å²) in [5.41, 5.74) is 10.5. The lowest BCUT2D eigenvalue weighted by atomic mass is 9.94. The second kappa shape index (κ2) is 5.27. The van der Waals surface area contributed by atoms with Crippen LogP contribution in [0.3, 0.4) is 0 Å². The molecule has 1 heteroatoms. The first-order valence-corrected chi connectivity index (χ1v) is 8.08. The molecule has 2 aromatic carbocycles. The quantitative estimate of drug-likeness (QED) is 0.568. The molecule has 1 aliphatic carbocycles. The van der Waals surface area contributed by atoms with Crippen LogP contribution in [0.25, 0.3) is 22.8 Å². The van der Waals surface area contributed by atoms with Crippen LogP contribution in [0.15, 0.2) is 53.1 Å². The monoisotopic (exact) mass is 300 g/mol. The third kappa shape index (κ3) is 2.24. The van der Waals surface area contributed by atoms with Gasteiger partial charge >= 0.3 is 0 Å². The van der Waals surface area contributed by atoms with Crippen molar-refractivity contribution in [1.29, 1.82) is 0 Å². The number of fused-ring (bicyclic) bond motifs is 1. The number of aryl methyl sites for hydroxylation is 2. The summed E-state index contributed by atoms with van der Waals surface area (Å²) < 4.78 is 5.83. The molecule has 1 heterocycles. The maximum absolute atomic E-state index is 5.83. The molecule has 0 unspecified atom stereocenters. The second-order valence-electron chi connectivity index (χ2n) is 6.41. The molecule has 0 saturated carbocycles. The van der Waals surface area contributed by atoms with Crippen molar-refractivity contribution < 1.29 is 4.42 Å². The highest BCUT2D eigenvalue weighted by molar-refractivity contribution is 5.94. The lowest BCUT2D eigenvalue weighted by Gasteiger charge is -2.10. The van der Waals surface area contributed by atoms with E-state index < -0.39 is 0 Å². The van der Waals surface area contributed by atoms with Gasteiger partial charge in [0.1, 0.15) is 5.76 Å². The minimum absolute atomic E-state index is 0.954. The van der Waals surface area contributed by atoms with E-state index in [0.717, 1.165) is 12.2 Å². The summed E-state index contributed by atoms with van der Waals surface area (Å²) in [6.07, 6.45) is 5.13. The predicted octanol–water partition coefficient (Wildman–Crippen LogP) is 5.97. The van der Waals surface area contributed by atoms with Gasteiger partial charge in [0, 0.05) is 12.0 Å². The number of benzene rings is 2. The Balaban J connectivity index is 1.87. The van der Waals surface area contributed by atoms with Crippen molar-refractivity contribution in [3.8, 4) is 11.1 Å². The summed E-state index contributed by atoms with van der Waals surface area (Å²) in [6.45, 7) is 6.44. The van der Waals surface area contributed by atoms with Gasteiger partial charge in [-0.3, -0.25) is 0 Å². The predicted molar refractivity (Wildman–Crippen MR) is 96.4 cm³/mol. The van der Waals surface area contributed by atoms with Crippen LogP contribution in [0.5, 0.6) is 0 Å². The van der Waals surface area contributed by atoms with Gasteiger partial charge in [-0.25, -0.2) is 0 Å². The van der Waals surface area contributed by atoms with E-state index in [9.17, 15) is 0 Å². The van der Waals surface area contributed by atoms with Crippen molar-refractivity contribution in [3.05, 3.63) is 82.3 Å². The zero-order valence-corrected chi connectivity index (χ0v) is 13.8. The molecule has 1 nitrogen and oxygen atoms in total. The lowest BCUT2D eigenvalue weighted by molar-refractivity contribution is 0.548. The average molecular weight is 300 g/mol. The Morgan fingerprint density at radius 3 is 2.35 bits per heavy atom. The molecule has 0 spiro atoms. The van der Waals surface area contributed by atoms with Gasteiger partial charge in [-0.15, -0.1) is 0 Å². The summed E-state index contributed by atoms with van der Waals surface area (Å²) in [4.78, 5) is 0. The van der Waals surface area contributed by atoms with E-state index >= 15 is 0 Å². The number of hydrogen-bond acceptors (Lipinski definition) is 1. The highest BCUT2D eigenvalue weighted by atomic mass is 16.3. The Bertz CT molecular complexity index is 911. The van der Waals surface area contributed by atoms with Crippen molar-refractivity contribution in [2.75, 3.05) is 0 Å². The maximum Gasteiger partial charge on any atom is 0.133 e. The second-order valence-corrected chi connectivity index (χ2v) is 6.41. The van der Waals surface area contributed by atoms with Crippen molar-refractivity contribution in [1.82, 2.24) is 0 Å². The first-order chi connectivity index (χ1) is 11.1. The summed E-state index contributed by atoms with van der Waals surface area (Å²) in [6, 6.07) is 15.1. The lowest BCUT2D eigenvalue weighted by Crippen LogP contribution is -1.92. The molecule has 0 N–H and O–H groups in total. The van der Waals surface area contributed by atoms with Gasteiger partial charge in [-0.1, -0.05) is 42.5 Å². The Morgan fingerprint density at radius 2 is 1.65 bits per heavy atom. The Hall–Kier alpha value is -2.54. The highest BCUT2D eigenvalue weighted by Gasteiger charge is 2.22. The zero-order chi connectivity index (χ0) is 16.0. The topological polar surface area (TPSA) is 13.1 Å². The van der Waals surface area contributed by atoms with E-state index in [1.54, 1.807) is 0 Å². The fraction of sp³-hybridized carbons (Fsp3) is 0.182. The molecule has 114 valence electrons. The standard InChI is InChI=1S/C22H20O/c1-14-9-10-19(17-7-5-4-6-8-17)21-12-18(11-20(14)21)22-16(3)15(2)13-23-22/h4-10,12-13H,11H2,1-3H3. The van der Waals surface area contributed by atoms with E-state index in [1.807, 2.05) is 6.26 Å². The SMILES string of the molecule is Cc1coc(C2=Cc3c(-c4ccccc4)ccc(C)c3C2)c1C. The van der Waals surface area contributed by atoms with E-state index in [-0.39, 0.29) is 0 Å². The van der Waals surface area contributed by atoms with Crippen molar-refractivity contribution >= 4 is 11.6 Å².